The Hall–Kier alpha value is -2.54. The van der Waals surface area contributed by atoms with E-state index in [9.17, 15) is 5.11 Å². The lowest BCUT2D eigenvalue weighted by molar-refractivity contribution is 0.0659. The molecular weight excluding hydrogens is 354 g/mol. The number of aliphatic hydroxyl groups excluding tert-OH is 1. The van der Waals surface area contributed by atoms with Crippen molar-refractivity contribution in [1.82, 2.24) is 15.1 Å². The molecule has 6 nitrogen and oxygen atoms in total. The zero-order valence-corrected chi connectivity index (χ0v) is 15.8. The van der Waals surface area contributed by atoms with Crippen molar-refractivity contribution in [1.29, 1.82) is 0 Å². The van der Waals surface area contributed by atoms with E-state index in [-0.39, 0.29) is 6.61 Å². The molecule has 3 aromatic rings. The molecule has 0 amide bonds. The van der Waals surface area contributed by atoms with Crippen LogP contribution in [-0.4, -0.2) is 65.8 Å². The maximum absolute atomic E-state index is 10.4. The molecule has 2 heterocycles. The van der Waals surface area contributed by atoms with Crippen LogP contribution in [0.4, 0.5) is 0 Å². The first-order valence-corrected chi connectivity index (χ1v) is 9.70. The van der Waals surface area contributed by atoms with Gasteiger partial charge in [-0.1, -0.05) is 24.3 Å². The number of rotatable bonds is 6. The molecule has 1 aliphatic heterocycles. The fourth-order valence-electron chi connectivity index (χ4n) is 3.58. The molecule has 1 N–H and O–H groups in total. The highest BCUT2D eigenvalue weighted by Gasteiger charge is 2.15. The number of hydrogen-bond donors (Lipinski definition) is 1. The Morgan fingerprint density at radius 1 is 1.11 bits per heavy atom. The zero-order valence-electron chi connectivity index (χ0n) is 15.8. The smallest absolute Gasteiger partial charge is 0.120 e. The van der Waals surface area contributed by atoms with Crippen LogP contribution in [0, 0.1) is 0 Å². The van der Waals surface area contributed by atoms with E-state index >= 15 is 0 Å². The van der Waals surface area contributed by atoms with Gasteiger partial charge in [0.15, 0.2) is 0 Å². The van der Waals surface area contributed by atoms with E-state index in [2.05, 4.69) is 27.2 Å². The molecule has 1 unspecified atom stereocenters. The van der Waals surface area contributed by atoms with Gasteiger partial charge in [-0.05, 0) is 41.0 Å². The summed E-state index contributed by atoms with van der Waals surface area (Å²) in [5.41, 5.74) is 2.03. The molecule has 1 atom stereocenters. The largest absolute Gasteiger partial charge is 0.491 e. The van der Waals surface area contributed by atoms with E-state index in [0.29, 0.717) is 6.54 Å². The highest BCUT2D eigenvalue weighted by Crippen LogP contribution is 2.32. The van der Waals surface area contributed by atoms with Gasteiger partial charge in [-0.15, -0.1) is 0 Å². The van der Waals surface area contributed by atoms with Crippen molar-refractivity contribution < 1.29 is 14.6 Å². The minimum absolute atomic E-state index is 0.254. The summed E-state index contributed by atoms with van der Waals surface area (Å²) in [6, 6.07) is 14.1. The summed E-state index contributed by atoms with van der Waals surface area (Å²) in [5, 5.41) is 20.5. The second kappa shape index (κ2) is 9.10. The summed E-state index contributed by atoms with van der Waals surface area (Å²) in [7, 11) is 0. The van der Waals surface area contributed by atoms with Crippen LogP contribution < -0.4 is 4.74 Å². The highest BCUT2D eigenvalue weighted by molar-refractivity contribution is 5.97. The first-order chi connectivity index (χ1) is 13.8. The van der Waals surface area contributed by atoms with Crippen LogP contribution in [0.5, 0.6) is 5.75 Å². The number of nitrogens with zero attached hydrogens (tertiary/aromatic N) is 3. The number of fused-ring (bicyclic) bond motifs is 1. The maximum Gasteiger partial charge on any atom is 0.120 e. The van der Waals surface area contributed by atoms with Gasteiger partial charge in [0.25, 0.3) is 0 Å². The number of aromatic nitrogens is 2. The van der Waals surface area contributed by atoms with Gasteiger partial charge in [-0.2, -0.15) is 10.2 Å². The lowest BCUT2D eigenvalue weighted by Gasteiger charge is -2.22. The van der Waals surface area contributed by atoms with E-state index in [1.54, 1.807) is 12.4 Å². The normalized spacial score (nSPS) is 16.6. The van der Waals surface area contributed by atoms with Gasteiger partial charge in [0.2, 0.25) is 0 Å². The van der Waals surface area contributed by atoms with Crippen LogP contribution in [0.25, 0.3) is 21.9 Å². The van der Waals surface area contributed by atoms with Crippen molar-refractivity contribution in [3.05, 3.63) is 54.9 Å². The third-order valence-corrected chi connectivity index (χ3v) is 4.96. The molecule has 28 heavy (non-hydrogen) atoms. The average Bonchev–Trinajstić information content (AvgIpc) is 3.01. The lowest BCUT2D eigenvalue weighted by Crippen LogP contribution is -2.37. The van der Waals surface area contributed by atoms with Crippen molar-refractivity contribution >= 4 is 10.8 Å². The third-order valence-electron chi connectivity index (χ3n) is 4.96. The molecule has 2 aromatic carbocycles. The van der Waals surface area contributed by atoms with Crippen molar-refractivity contribution in [2.24, 2.45) is 0 Å². The van der Waals surface area contributed by atoms with Crippen LogP contribution in [0.3, 0.4) is 0 Å². The first-order valence-electron chi connectivity index (χ1n) is 9.70. The van der Waals surface area contributed by atoms with Crippen LogP contribution in [0.15, 0.2) is 54.9 Å². The van der Waals surface area contributed by atoms with Crippen molar-refractivity contribution in [2.45, 2.75) is 12.5 Å². The number of β-amino-alcohol motifs (C(OH)–C–C–N with tert-alkyl or cyclic N) is 1. The Kier molecular flexibility index (Phi) is 6.11. The molecule has 146 valence electrons. The molecule has 1 fully saturated rings. The second-order valence-corrected chi connectivity index (χ2v) is 7.05. The molecule has 0 spiro atoms. The molecule has 1 saturated heterocycles. The minimum atomic E-state index is -0.546. The van der Waals surface area contributed by atoms with Crippen molar-refractivity contribution in [3.8, 4) is 16.9 Å². The minimum Gasteiger partial charge on any atom is -0.491 e. The Morgan fingerprint density at radius 3 is 2.93 bits per heavy atom. The summed E-state index contributed by atoms with van der Waals surface area (Å²) in [6.07, 6.45) is 3.89. The van der Waals surface area contributed by atoms with Gasteiger partial charge in [0, 0.05) is 31.8 Å². The van der Waals surface area contributed by atoms with Gasteiger partial charge in [0.1, 0.15) is 18.5 Å². The zero-order chi connectivity index (χ0) is 19.2. The van der Waals surface area contributed by atoms with Crippen molar-refractivity contribution in [2.75, 3.05) is 39.5 Å². The van der Waals surface area contributed by atoms with E-state index in [1.807, 2.05) is 30.3 Å². The van der Waals surface area contributed by atoms with Crippen LogP contribution >= 0.6 is 0 Å². The lowest BCUT2D eigenvalue weighted by atomic mass is 9.99. The Morgan fingerprint density at radius 2 is 2.04 bits per heavy atom. The van der Waals surface area contributed by atoms with Crippen LogP contribution in [-0.2, 0) is 4.74 Å². The topological polar surface area (TPSA) is 67.7 Å². The molecular formula is C22H25N3O3. The summed E-state index contributed by atoms with van der Waals surface area (Å²) in [4.78, 5) is 2.23. The SMILES string of the molecule is OC(COc1cc(-c2ccnnc2)c2ccccc2c1)CN1CCCOCC1. The molecule has 1 aliphatic rings. The van der Waals surface area contributed by atoms with Crippen molar-refractivity contribution in [3.63, 3.8) is 0 Å². The summed E-state index contributed by atoms with van der Waals surface area (Å²) >= 11 is 0. The summed E-state index contributed by atoms with van der Waals surface area (Å²) in [6.45, 7) is 4.18. The second-order valence-electron chi connectivity index (χ2n) is 7.05. The van der Waals surface area contributed by atoms with Gasteiger partial charge in [0.05, 0.1) is 19.0 Å². The monoisotopic (exact) mass is 379 g/mol. The van der Waals surface area contributed by atoms with E-state index in [0.717, 1.165) is 60.4 Å². The van der Waals surface area contributed by atoms with Gasteiger partial charge in [-0.3, -0.25) is 4.90 Å². The summed E-state index contributed by atoms with van der Waals surface area (Å²) in [5.74, 6) is 0.740. The average molecular weight is 379 g/mol. The number of aliphatic hydroxyl groups is 1. The third kappa shape index (κ3) is 4.65. The first kappa shape index (κ1) is 18.8. The predicted molar refractivity (Wildman–Crippen MR) is 108 cm³/mol. The molecule has 0 saturated carbocycles. The fraction of sp³-hybridized carbons (Fsp3) is 0.364. The highest BCUT2D eigenvalue weighted by atomic mass is 16.5. The van der Waals surface area contributed by atoms with Crippen LogP contribution in [0.1, 0.15) is 6.42 Å². The molecule has 1 aromatic heterocycles. The van der Waals surface area contributed by atoms with E-state index in [1.165, 1.54) is 0 Å². The standard InChI is InChI=1S/C22H25N3O3/c26-19(15-25-8-3-10-27-11-9-25)16-28-20-12-17-4-1-2-5-21(17)22(13-20)18-6-7-23-24-14-18/h1-2,4-7,12-14,19,26H,3,8-11,15-16H2. The van der Waals surface area contributed by atoms with E-state index < -0.39 is 6.10 Å². The predicted octanol–water partition coefficient (Wildman–Crippen LogP) is 2.76. The summed E-state index contributed by atoms with van der Waals surface area (Å²) < 4.78 is 11.4. The van der Waals surface area contributed by atoms with Gasteiger partial charge >= 0.3 is 0 Å². The maximum atomic E-state index is 10.4. The Labute approximate surface area is 164 Å². The quantitative estimate of drug-likeness (QED) is 0.710. The van der Waals surface area contributed by atoms with Gasteiger partial charge < -0.3 is 14.6 Å². The molecule has 0 bridgehead atoms. The Balaban J connectivity index is 1.49. The Bertz CT molecular complexity index is 896. The molecule has 6 heteroatoms. The molecule has 0 aliphatic carbocycles. The molecule has 4 rings (SSSR count). The van der Waals surface area contributed by atoms with Crippen LogP contribution in [0.2, 0.25) is 0 Å². The number of benzene rings is 2. The molecule has 0 radical (unpaired) electrons. The number of hydrogen-bond acceptors (Lipinski definition) is 6. The van der Waals surface area contributed by atoms with Gasteiger partial charge in [-0.25, -0.2) is 0 Å². The van der Waals surface area contributed by atoms with E-state index in [4.69, 9.17) is 9.47 Å². The number of ether oxygens (including phenoxy) is 2. The fourth-order valence-corrected chi connectivity index (χ4v) is 3.58.